The van der Waals surface area contributed by atoms with E-state index in [9.17, 15) is 0 Å². The van der Waals surface area contributed by atoms with E-state index in [0.29, 0.717) is 6.61 Å². The van der Waals surface area contributed by atoms with Crippen LogP contribution in [0.5, 0.6) is 5.75 Å². The molecule has 19 heavy (non-hydrogen) atoms. The number of anilines is 2. The number of hydrogen-bond donors (Lipinski definition) is 1. The Hall–Kier alpha value is -1.81. The minimum absolute atomic E-state index is 0.679. The van der Waals surface area contributed by atoms with Crippen LogP contribution in [0.15, 0.2) is 47.4 Å². The van der Waals surface area contributed by atoms with Crippen LogP contribution in [0.25, 0.3) is 0 Å². The molecule has 0 fully saturated rings. The van der Waals surface area contributed by atoms with Gasteiger partial charge in [-0.25, -0.2) is 0 Å². The maximum atomic E-state index is 5.86. The molecule has 0 saturated heterocycles. The van der Waals surface area contributed by atoms with Gasteiger partial charge in [-0.15, -0.1) is 0 Å². The summed E-state index contributed by atoms with van der Waals surface area (Å²) in [7, 11) is 0. The van der Waals surface area contributed by atoms with Gasteiger partial charge in [0.25, 0.3) is 0 Å². The molecule has 0 amide bonds. The third kappa shape index (κ3) is 2.49. The Bertz CT molecular complexity index is 600. The van der Waals surface area contributed by atoms with Crippen molar-refractivity contribution in [3.63, 3.8) is 0 Å². The average molecular weight is 272 g/mol. The lowest BCUT2D eigenvalue weighted by Gasteiger charge is -2.22. The van der Waals surface area contributed by atoms with Gasteiger partial charge < -0.3 is 14.8 Å². The monoisotopic (exact) mass is 272 g/mol. The number of ether oxygens (including phenoxy) is 1. The molecule has 98 valence electrons. The average Bonchev–Trinajstić information content (AvgIpc) is 2.61. The topological polar surface area (TPSA) is 38.5 Å². The van der Waals surface area contributed by atoms with Gasteiger partial charge in [0, 0.05) is 5.69 Å². The molecule has 2 N–H and O–H groups in total. The molecule has 2 aromatic carbocycles. The normalized spacial score (nSPS) is 14.5. The summed E-state index contributed by atoms with van der Waals surface area (Å²) >= 11 is 1.69. The molecule has 3 nitrogen and oxygen atoms in total. The van der Waals surface area contributed by atoms with E-state index >= 15 is 0 Å². The zero-order chi connectivity index (χ0) is 13.2. The number of nitrogen functional groups attached to an aromatic ring is 1. The second-order valence-corrected chi connectivity index (χ2v) is 5.60. The molecule has 0 unspecified atom stereocenters. The number of rotatable bonds is 1. The molecule has 1 aliphatic rings. The van der Waals surface area contributed by atoms with Gasteiger partial charge in [0.05, 0.1) is 17.1 Å². The van der Waals surface area contributed by atoms with Gasteiger partial charge in [0.15, 0.2) is 0 Å². The van der Waals surface area contributed by atoms with E-state index in [4.69, 9.17) is 10.5 Å². The largest absolute Gasteiger partial charge is 0.490 e. The molecule has 3 rings (SSSR count). The fraction of sp³-hybridized carbons (Fsp3) is 0.200. The summed E-state index contributed by atoms with van der Waals surface area (Å²) in [4.78, 5) is 1.07. The third-order valence-electron chi connectivity index (χ3n) is 3.11. The van der Waals surface area contributed by atoms with Crippen LogP contribution >= 0.6 is 11.9 Å². The van der Waals surface area contributed by atoms with Gasteiger partial charge in [0.2, 0.25) is 0 Å². The standard InChI is InChI=1S/C15H16N2OS/c1-11-4-2-3-5-13(11)17-8-9-18-14-7-6-12(16)10-15(14)19-17/h2-7,10H,8-9,16H2,1H3. The molecule has 0 saturated carbocycles. The van der Waals surface area contributed by atoms with Gasteiger partial charge >= 0.3 is 0 Å². The first-order valence-electron chi connectivity index (χ1n) is 6.27. The van der Waals surface area contributed by atoms with E-state index in [1.165, 1.54) is 11.3 Å². The quantitative estimate of drug-likeness (QED) is 0.637. The van der Waals surface area contributed by atoms with Crippen molar-refractivity contribution >= 4 is 23.3 Å². The number of aryl methyl sites for hydroxylation is 1. The second-order valence-electron chi connectivity index (χ2n) is 4.53. The summed E-state index contributed by atoms with van der Waals surface area (Å²) in [6.07, 6.45) is 0. The van der Waals surface area contributed by atoms with E-state index in [0.717, 1.165) is 22.9 Å². The Labute approximate surface area is 117 Å². The van der Waals surface area contributed by atoms with Gasteiger partial charge in [-0.3, -0.25) is 0 Å². The summed E-state index contributed by atoms with van der Waals surface area (Å²) in [6.45, 7) is 3.66. The molecular weight excluding hydrogens is 256 g/mol. The number of nitrogens with zero attached hydrogens (tertiary/aromatic N) is 1. The summed E-state index contributed by atoms with van der Waals surface area (Å²) in [5.41, 5.74) is 9.12. The number of fused-ring (bicyclic) bond motifs is 1. The van der Waals surface area contributed by atoms with Crippen molar-refractivity contribution in [2.45, 2.75) is 11.8 Å². The molecule has 2 aromatic rings. The van der Waals surface area contributed by atoms with Crippen LogP contribution in [0.2, 0.25) is 0 Å². The smallest absolute Gasteiger partial charge is 0.134 e. The van der Waals surface area contributed by atoms with Crippen LogP contribution in [0, 0.1) is 6.92 Å². The highest BCUT2D eigenvalue weighted by Gasteiger charge is 2.18. The number of nitrogens with two attached hydrogens (primary N) is 1. The van der Waals surface area contributed by atoms with Gasteiger partial charge in [-0.2, -0.15) is 0 Å². The van der Waals surface area contributed by atoms with Gasteiger partial charge in [-0.05, 0) is 48.7 Å². The lowest BCUT2D eigenvalue weighted by Crippen LogP contribution is -2.19. The SMILES string of the molecule is Cc1ccccc1N1CCOc2ccc(N)cc2S1. The first kappa shape index (κ1) is 12.2. The van der Waals surface area contributed by atoms with E-state index in [1.807, 2.05) is 18.2 Å². The molecular formula is C15H16N2OS. The predicted octanol–water partition coefficient (Wildman–Crippen LogP) is 3.48. The van der Waals surface area contributed by atoms with Crippen LogP contribution in [-0.4, -0.2) is 13.2 Å². The summed E-state index contributed by atoms with van der Waals surface area (Å²) in [6, 6.07) is 14.2. The molecule has 0 radical (unpaired) electrons. The number of benzene rings is 2. The fourth-order valence-electron chi connectivity index (χ4n) is 2.13. The first-order chi connectivity index (χ1) is 9.24. The van der Waals surface area contributed by atoms with Crippen molar-refractivity contribution in [3.05, 3.63) is 48.0 Å². The predicted molar refractivity (Wildman–Crippen MR) is 80.7 cm³/mol. The zero-order valence-electron chi connectivity index (χ0n) is 10.8. The van der Waals surface area contributed by atoms with Crippen molar-refractivity contribution in [2.75, 3.05) is 23.2 Å². The number of hydrogen-bond acceptors (Lipinski definition) is 4. The van der Waals surface area contributed by atoms with Crippen LogP contribution in [-0.2, 0) is 0 Å². The molecule has 0 atom stereocenters. The fourth-order valence-corrected chi connectivity index (χ4v) is 3.24. The molecule has 0 aliphatic carbocycles. The highest BCUT2D eigenvalue weighted by atomic mass is 32.2. The van der Waals surface area contributed by atoms with Crippen LogP contribution in [0.1, 0.15) is 5.56 Å². The van der Waals surface area contributed by atoms with Crippen molar-refractivity contribution in [2.24, 2.45) is 0 Å². The number of para-hydroxylation sites is 1. The third-order valence-corrected chi connectivity index (χ3v) is 4.23. The molecule has 0 aromatic heterocycles. The lowest BCUT2D eigenvalue weighted by molar-refractivity contribution is 0.325. The highest BCUT2D eigenvalue weighted by Crippen LogP contribution is 2.38. The van der Waals surface area contributed by atoms with Crippen molar-refractivity contribution < 1.29 is 4.74 Å². The van der Waals surface area contributed by atoms with Crippen molar-refractivity contribution in [1.29, 1.82) is 0 Å². The van der Waals surface area contributed by atoms with E-state index in [-0.39, 0.29) is 0 Å². The van der Waals surface area contributed by atoms with Crippen molar-refractivity contribution in [3.8, 4) is 5.75 Å². The Morgan fingerprint density at radius 1 is 1.21 bits per heavy atom. The van der Waals surface area contributed by atoms with E-state index in [1.54, 1.807) is 11.9 Å². The maximum Gasteiger partial charge on any atom is 0.134 e. The molecule has 0 bridgehead atoms. The minimum atomic E-state index is 0.679. The summed E-state index contributed by atoms with van der Waals surface area (Å²) in [5.74, 6) is 0.912. The van der Waals surface area contributed by atoms with E-state index in [2.05, 4.69) is 35.5 Å². The molecule has 1 aliphatic heterocycles. The lowest BCUT2D eigenvalue weighted by atomic mass is 10.2. The van der Waals surface area contributed by atoms with Gasteiger partial charge in [0.1, 0.15) is 12.4 Å². The van der Waals surface area contributed by atoms with Crippen LogP contribution < -0.4 is 14.8 Å². The summed E-state index contributed by atoms with van der Waals surface area (Å²) in [5, 5.41) is 0. The second kappa shape index (κ2) is 5.05. The minimum Gasteiger partial charge on any atom is -0.490 e. The van der Waals surface area contributed by atoms with E-state index < -0.39 is 0 Å². The summed E-state index contributed by atoms with van der Waals surface area (Å²) < 4.78 is 8.04. The Balaban J connectivity index is 1.96. The van der Waals surface area contributed by atoms with Gasteiger partial charge in [-0.1, -0.05) is 18.2 Å². The Kier molecular flexibility index (Phi) is 3.25. The maximum absolute atomic E-state index is 5.86. The Morgan fingerprint density at radius 3 is 2.89 bits per heavy atom. The molecule has 4 heteroatoms. The first-order valence-corrected chi connectivity index (χ1v) is 7.05. The molecule has 0 spiro atoms. The van der Waals surface area contributed by atoms with Crippen molar-refractivity contribution in [1.82, 2.24) is 0 Å². The highest BCUT2D eigenvalue weighted by molar-refractivity contribution is 8.00. The zero-order valence-corrected chi connectivity index (χ0v) is 11.6. The van der Waals surface area contributed by atoms with Crippen LogP contribution in [0.4, 0.5) is 11.4 Å². The van der Waals surface area contributed by atoms with Crippen LogP contribution in [0.3, 0.4) is 0 Å². The molecule has 1 heterocycles. The Morgan fingerprint density at radius 2 is 2.05 bits per heavy atom.